The number of benzene rings is 2. The van der Waals surface area contributed by atoms with Gasteiger partial charge in [-0.15, -0.1) is 0 Å². The molecule has 0 fully saturated rings. The molecule has 0 aliphatic carbocycles. The van der Waals surface area contributed by atoms with E-state index in [1.54, 1.807) is 0 Å². The van der Waals surface area contributed by atoms with Gasteiger partial charge < -0.3 is 11.5 Å². The second-order valence-corrected chi connectivity index (χ2v) is 4.19. The topological polar surface area (TPSA) is 75.9 Å². The van der Waals surface area contributed by atoms with Crippen LogP contribution in [0, 0.1) is 17.3 Å². The number of rotatable bonds is 2. The van der Waals surface area contributed by atoms with Gasteiger partial charge in [-0.3, -0.25) is 5.41 Å². The molecule has 0 unspecified atom stereocenters. The summed E-state index contributed by atoms with van der Waals surface area (Å²) in [5.41, 5.74) is 13.5. The van der Waals surface area contributed by atoms with Crippen LogP contribution in [0.2, 0.25) is 0 Å². The molecule has 2 aromatic rings. The highest BCUT2D eigenvalue weighted by atomic mass is 14.8. The molecule has 5 N–H and O–H groups in total. The summed E-state index contributed by atoms with van der Waals surface area (Å²) < 4.78 is 0. The Hall–Kier alpha value is -2.99. The van der Waals surface area contributed by atoms with Gasteiger partial charge in [0.05, 0.1) is 11.3 Å². The maximum atomic E-state index is 8.16. The van der Waals surface area contributed by atoms with Gasteiger partial charge in [-0.05, 0) is 12.1 Å². The minimum Gasteiger partial charge on any atom is -0.385 e. The third kappa shape index (κ3) is 3.27. The van der Waals surface area contributed by atoms with E-state index in [0.717, 1.165) is 11.1 Å². The zero-order valence-electron chi connectivity index (χ0n) is 10.9. The summed E-state index contributed by atoms with van der Waals surface area (Å²) in [6.07, 6.45) is 0. The molecule has 0 atom stereocenters. The monoisotopic (exact) mass is 261 g/mol. The lowest BCUT2D eigenvalue weighted by atomic mass is 10.0. The van der Waals surface area contributed by atoms with Crippen LogP contribution in [0.1, 0.15) is 11.1 Å². The summed E-state index contributed by atoms with van der Waals surface area (Å²) in [6, 6.07) is 18.8. The zero-order valence-corrected chi connectivity index (χ0v) is 10.9. The molecule has 0 bridgehead atoms. The van der Waals surface area contributed by atoms with Crippen molar-refractivity contribution in [2.75, 3.05) is 0 Å². The molecule has 0 amide bonds. The van der Waals surface area contributed by atoms with E-state index in [-0.39, 0.29) is 11.5 Å². The highest BCUT2D eigenvalue weighted by Gasteiger charge is 2.08. The van der Waals surface area contributed by atoms with Gasteiger partial charge in [0, 0.05) is 11.1 Å². The lowest BCUT2D eigenvalue weighted by molar-refractivity contribution is 1.23. The molecule has 0 aliphatic rings. The van der Waals surface area contributed by atoms with E-state index in [2.05, 4.69) is 11.8 Å². The SMILES string of the molecule is N=C(C(C#Cc1ccccc1)=C(N)N)c1ccccc1. The van der Waals surface area contributed by atoms with Crippen molar-refractivity contribution in [3.8, 4) is 11.8 Å². The number of nitrogens with two attached hydrogens (primary N) is 2. The standard InChI is InChI=1S/C17H15N3/c18-16(14-9-5-2-6-10-14)15(17(19)20)12-11-13-7-3-1-4-8-13/h1-10,18H,19-20H2. The number of hydrogen-bond acceptors (Lipinski definition) is 3. The average molecular weight is 261 g/mol. The molecule has 2 aromatic carbocycles. The van der Waals surface area contributed by atoms with Gasteiger partial charge in [-0.2, -0.15) is 0 Å². The summed E-state index contributed by atoms with van der Waals surface area (Å²) in [4.78, 5) is 0. The molecular formula is C17H15N3. The Labute approximate surface area is 118 Å². The fourth-order valence-electron chi connectivity index (χ4n) is 1.68. The molecular weight excluding hydrogens is 246 g/mol. The van der Waals surface area contributed by atoms with Crippen molar-refractivity contribution in [1.82, 2.24) is 0 Å². The van der Waals surface area contributed by atoms with Crippen LogP contribution in [0.5, 0.6) is 0 Å². The lowest BCUT2D eigenvalue weighted by Gasteiger charge is -2.05. The van der Waals surface area contributed by atoms with E-state index in [4.69, 9.17) is 16.9 Å². The van der Waals surface area contributed by atoms with E-state index in [1.807, 2.05) is 60.7 Å². The van der Waals surface area contributed by atoms with Gasteiger partial charge in [-0.25, -0.2) is 0 Å². The average Bonchev–Trinajstić information content (AvgIpc) is 2.49. The summed E-state index contributed by atoms with van der Waals surface area (Å²) in [7, 11) is 0. The van der Waals surface area contributed by atoms with Crippen molar-refractivity contribution in [1.29, 1.82) is 5.41 Å². The summed E-state index contributed by atoms with van der Waals surface area (Å²) >= 11 is 0. The Morgan fingerprint density at radius 3 is 1.95 bits per heavy atom. The summed E-state index contributed by atoms with van der Waals surface area (Å²) in [6.45, 7) is 0. The van der Waals surface area contributed by atoms with Crippen molar-refractivity contribution in [2.24, 2.45) is 11.5 Å². The third-order valence-corrected chi connectivity index (χ3v) is 2.71. The van der Waals surface area contributed by atoms with Crippen molar-refractivity contribution < 1.29 is 0 Å². The van der Waals surface area contributed by atoms with Gasteiger partial charge in [0.25, 0.3) is 0 Å². The van der Waals surface area contributed by atoms with Gasteiger partial charge in [0.2, 0.25) is 0 Å². The zero-order chi connectivity index (χ0) is 14.4. The molecule has 0 spiro atoms. The van der Waals surface area contributed by atoms with Crippen LogP contribution < -0.4 is 11.5 Å². The fraction of sp³-hybridized carbons (Fsp3) is 0. The summed E-state index contributed by atoms with van der Waals surface area (Å²) in [5, 5.41) is 8.16. The van der Waals surface area contributed by atoms with Crippen molar-refractivity contribution in [3.63, 3.8) is 0 Å². The smallest absolute Gasteiger partial charge is 0.112 e. The predicted molar refractivity (Wildman–Crippen MR) is 82.0 cm³/mol. The molecule has 3 heteroatoms. The van der Waals surface area contributed by atoms with Gasteiger partial charge in [0.15, 0.2) is 0 Å². The predicted octanol–water partition coefficient (Wildman–Crippen LogP) is 2.24. The van der Waals surface area contributed by atoms with Crippen LogP contribution in [-0.2, 0) is 0 Å². The molecule has 0 aromatic heterocycles. The Morgan fingerprint density at radius 1 is 0.850 bits per heavy atom. The Kier molecular flexibility index (Phi) is 4.21. The third-order valence-electron chi connectivity index (χ3n) is 2.71. The first-order chi connectivity index (χ1) is 9.68. The maximum Gasteiger partial charge on any atom is 0.112 e. The van der Waals surface area contributed by atoms with Gasteiger partial charge in [0.1, 0.15) is 5.82 Å². The van der Waals surface area contributed by atoms with E-state index in [0.29, 0.717) is 5.57 Å². The Morgan fingerprint density at radius 2 is 1.40 bits per heavy atom. The van der Waals surface area contributed by atoms with Crippen LogP contribution in [-0.4, -0.2) is 5.71 Å². The second-order valence-electron chi connectivity index (χ2n) is 4.19. The fourth-order valence-corrected chi connectivity index (χ4v) is 1.68. The van der Waals surface area contributed by atoms with Crippen LogP contribution >= 0.6 is 0 Å². The first-order valence-electron chi connectivity index (χ1n) is 6.15. The van der Waals surface area contributed by atoms with Gasteiger partial charge in [-0.1, -0.05) is 60.4 Å². The van der Waals surface area contributed by atoms with E-state index in [9.17, 15) is 0 Å². The Balaban J connectivity index is 2.34. The first-order valence-corrected chi connectivity index (χ1v) is 6.15. The second kappa shape index (κ2) is 6.26. The van der Waals surface area contributed by atoms with Crippen LogP contribution in [0.25, 0.3) is 0 Å². The molecule has 0 aliphatic heterocycles. The largest absolute Gasteiger partial charge is 0.385 e. The Bertz CT molecular complexity index is 685. The van der Waals surface area contributed by atoms with E-state index >= 15 is 0 Å². The lowest BCUT2D eigenvalue weighted by Crippen LogP contribution is -2.17. The van der Waals surface area contributed by atoms with Crippen LogP contribution in [0.3, 0.4) is 0 Å². The highest BCUT2D eigenvalue weighted by Crippen LogP contribution is 2.08. The molecule has 2 rings (SSSR count). The maximum absolute atomic E-state index is 8.16. The quantitative estimate of drug-likeness (QED) is 0.573. The van der Waals surface area contributed by atoms with Crippen molar-refractivity contribution in [3.05, 3.63) is 83.2 Å². The minimum absolute atomic E-state index is 0.0577. The molecule has 0 heterocycles. The van der Waals surface area contributed by atoms with Crippen molar-refractivity contribution in [2.45, 2.75) is 0 Å². The molecule has 0 saturated heterocycles. The van der Waals surface area contributed by atoms with Crippen molar-refractivity contribution >= 4 is 5.71 Å². The highest BCUT2D eigenvalue weighted by molar-refractivity contribution is 6.13. The molecule has 0 saturated carbocycles. The number of hydrogen-bond donors (Lipinski definition) is 3. The van der Waals surface area contributed by atoms with Crippen LogP contribution in [0.15, 0.2) is 72.1 Å². The molecule has 98 valence electrons. The van der Waals surface area contributed by atoms with Crippen LogP contribution in [0.4, 0.5) is 0 Å². The normalized spacial score (nSPS) is 9.20. The first kappa shape index (κ1) is 13.4. The number of allylic oxidation sites excluding steroid dienone is 1. The molecule has 20 heavy (non-hydrogen) atoms. The van der Waals surface area contributed by atoms with E-state index in [1.165, 1.54) is 0 Å². The molecule has 3 nitrogen and oxygen atoms in total. The minimum atomic E-state index is 0.0577. The number of nitrogens with one attached hydrogen (secondary N) is 1. The van der Waals surface area contributed by atoms with Gasteiger partial charge >= 0.3 is 0 Å². The molecule has 0 radical (unpaired) electrons. The summed E-state index contributed by atoms with van der Waals surface area (Å²) in [5.74, 6) is 5.91. The van der Waals surface area contributed by atoms with E-state index < -0.39 is 0 Å².